The van der Waals surface area contributed by atoms with Gasteiger partial charge in [0.25, 0.3) is 0 Å². The number of likely N-dealkylation sites (N-methyl/N-ethyl adjacent to an activating group) is 1. The number of rotatable bonds is 3. The van der Waals surface area contributed by atoms with Gasteiger partial charge in [-0.15, -0.1) is 6.42 Å². The number of cyclic esters (lactones) is 1. The molecule has 2 aliphatic heterocycles. The summed E-state index contributed by atoms with van der Waals surface area (Å²) in [5.41, 5.74) is -3.40. The zero-order valence-electron chi connectivity index (χ0n) is 23.5. The van der Waals surface area contributed by atoms with E-state index in [1.54, 1.807) is 34.7 Å². The van der Waals surface area contributed by atoms with E-state index in [-0.39, 0.29) is 18.0 Å². The molecule has 9 atom stereocenters. The van der Waals surface area contributed by atoms with Crippen molar-refractivity contribution < 1.29 is 33.4 Å². The standard InChI is InChI=1S/C28H43NO7/c1-12-20-27(9)23(29(10)25(33)36-27)17(5)21(30)16(4)15-28(14-3,34-11)26(8,13-2)19(7)22(31)18(6)24(32)35-20/h3,16-20,23H,12-13,15H2,1-2,4-11H3/t16-,17+,18-,19+,20-,23-,26?,27-,28-/m1/s1. The van der Waals surface area contributed by atoms with Gasteiger partial charge in [0.2, 0.25) is 0 Å². The van der Waals surface area contributed by atoms with Gasteiger partial charge in [0.15, 0.2) is 5.60 Å². The molecule has 0 aromatic rings. The first-order chi connectivity index (χ1) is 16.6. The summed E-state index contributed by atoms with van der Waals surface area (Å²) in [4.78, 5) is 54.8. The average molecular weight is 506 g/mol. The molecule has 0 aromatic heterocycles. The first kappa shape index (κ1) is 29.8. The lowest BCUT2D eigenvalue weighted by molar-refractivity contribution is -0.174. The molecule has 2 rings (SSSR count). The summed E-state index contributed by atoms with van der Waals surface area (Å²) >= 11 is 0. The maximum absolute atomic E-state index is 13.8. The van der Waals surface area contributed by atoms with Crippen LogP contribution in [-0.4, -0.2) is 66.0 Å². The van der Waals surface area contributed by atoms with Crippen LogP contribution in [0.25, 0.3) is 0 Å². The molecule has 0 bridgehead atoms. The molecule has 0 spiro atoms. The molecule has 202 valence electrons. The van der Waals surface area contributed by atoms with Crippen LogP contribution in [0.5, 0.6) is 0 Å². The number of methoxy groups -OCH3 is 1. The molecule has 2 fully saturated rings. The summed E-state index contributed by atoms with van der Waals surface area (Å²) in [5.74, 6) is -1.26. The number of Topliss-reactive ketones (excluding diaryl/α,β-unsaturated/α-hetero) is 2. The van der Waals surface area contributed by atoms with Crippen molar-refractivity contribution in [3.8, 4) is 12.3 Å². The van der Waals surface area contributed by atoms with Crippen LogP contribution in [0.3, 0.4) is 0 Å². The van der Waals surface area contributed by atoms with Gasteiger partial charge in [-0.25, -0.2) is 4.79 Å². The van der Waals surface area contributed by atoms with Crippen molar-refractivity contribution in [1.29, 1.82) is 0 Å². The molecule has 8 heteroatoms. The zero-order chi connectivity index (χ0) is 27.8. The predicted molar refractivity (Wildman–Crippen MR) is 135 cm³/mol. The zero-order valence-corrected chi connectivity index (χ0v) is 23.5. The number of fused-ring (bicyclic) bond motifs is 1. The monoisotopic (exact) mass is 505 g/mol. The summed E-state index contributed by atoms with van der Waals surface area (Å²) in [7, 11) is 3.07. The number of hydrogen-bond donors (Lipinski definition) is 0. The van der Waals surface area contributed by atoms with Crippen LogP contribution in [0, 0.1) is 41.4 Å². The minimum absolute atomic E-state index is 0.114. The van der Waals surface area contributed by atoms with Crippen LogP contribution in [0.1, 0.15) is 74.7 Å². The Hall–Kier alpha value is -2.40. The van der Waals surface area contributed by atoms with Gasteiger partial charge in [-0.1, -0.05) is 47.5 Å². The molecule has 0 saturated carbocycles. The SMILES string of the molecule is C#C[C@@]1(OC)C[C@@H](C)C(=O)[C@H](C)[C@H]2N(C)C(=O)O[C@]2(C)[C@@H](CC)OC(=O)[C@H](C)C(=O)[C@H](C)C1(C)CC. The largest absolute Gasteiger partial charge is 0.458 e. The third-order valence-electron chi connectivity index (χ3n) is 9.27. The highest BCUT2D eigenvalue weighted by Crippen LogP contribution is 2.49. The van der Waals surface area contributed by atoms with Gasteiger partial charge in [0.1, 0.15) is 29.2 Å². The van der Waals surface area contributed by atoms with Gasteiger partial charge in [-0.3, -0.25) is 14.4 Å². The topological polar surface area (TPSA) is 99.2 Å². The Morgan fingerprint density at radius 1 is 1.08 bits per heavy atom. The molecule has 1 amide bonds. The summed E-state index contributed by atoms with van der Waals surface area (Å²) in [6.07, 6.45) is 5.63. The molecule has 0 radical (unpaired) electrons. The number of amides is 1. The van der Waals surface area contributed by atoms with Gasteiger partial charge >= 0.3 is 12.1 Å². The molecule has 1 unspecified atom stereocenters. The number of nitrogens with zero attached hydrogens (tertiary/aromatic N) is 1. The Morgan fingerprint density at radius 2 is 1.67 bits per heavy atom. The Morgan fingerprint density at radius 3 is 2.14 bits per heavy atom. The molecule has 0 aliphatic carbocycles. The van der Waals surface area contributed by atoms with Crippen LogP contribution in [0.4, 0.5) is 4.79 Å². The molecule has 8 nitrogen and oxygen atoms in total. The molecule has 2 aliphatic rings. The van der Waals surface area contributed by atoms with E-state index >= 15 is 0 Å². The van der Waals surface area contributed by atoms with Gasteiger partial charge < -0.3 is 19.1 Å². The first-order valence-corrected chi connectivity index (χ1v) is 12.9. The summed E-state index contributed by atoms with van der Waals surface area (Å²) in [6, 6.07) is -0.689. The molecule has 0 N–H and O–H groups in total. The first-order valence-electron chi connectivity index (χ1n) is 12.9. The molecule has 36 heavy (non-hydrogen) atoms. The van der Waals surface area contributed by atoms with Gasteiger partial charge in [0.05, 0.1) is 6.04 Å². The van der Waals surface area contributed by atoms with E-state index in [4.69, 9.17) is 20.6 Å². The second kappa shape index (κ2) is 10.5. The van der Waals surface area contributed by atoms with Crippen molar-refractivity contribution >= 4 is 23.6 Å². The van der Waals surface area contributed by atoms with Crippen molar-refractivity contribution in [2.75, 3.05) is 14.2 Å². The minimum atomic E-state index is -1.29. The fourth-order valence-electron chi connectivity index (χ4n) is 6.47. The molecule has 2 heterocycles. The van der Waals surface area contributed by atoms with E-state index in [9.17, 15) is 19.2 Å². The minimum Gasteiger partial charge on any atom is -0.458 e. The molecule has 0 aromatic carbocycles. The molecular weight excluding hydrogens is 462 g/mol. The summed E-state index contributed by atoms with van der Waals surface area (Å²) in [6.45, 7) is 14.1. The highest BCUT2D eigenvalue weighted by molar-refractivity contribution is 6.00. The number of esters is 1. The van der Waals surface area contributed by atoms with Crippen molar-refractivity contribution in [1.82, 2.24) is 4.90 Å². The smallest absolute Gasteiger partial charge is 0.410 e. The number of carbonyl (C=O) groups is 4. The van der Waals surface area contributed by atoms with Gasteiger partial charge in [-0.05, 0) is 33.1 Å². The van der Waals surface area contributed by atoms with Crippen molar-refractivity contribution in [3.05, 3.63) is 0 Å². The van der Waals surface area contributed by atoms with E-state index in [1.807, 2.05) is 20.8 Å². The lowest BCUT2D eigenvalue weighted by Crippen LogP contribution is -2.58. The third-order valence-corrected chi connectivity index (χ3v) is 9.27. The third kappa shape index (κ3) is 4.44. The van der Waals surface area contributed by atoms with E-state index < -0.39 is 64.5 Å². The second-order valence-corrected chi connectivity index (χ2v) is 11.0. The molecule has 2 saturated heterocycles. The van der Waals surface area contributed by atoms with Gasteiger partial charge in [-0.2, -0.15) is 0 Å². The van der Waals surface area contributed by atoms with Crippen LogP contribution < -0.4 is 0 Å². The van der Waals surface area contributed by atoms with Gasteiger partial charge in [0, 0.05) is 37.3 Å². The lowest BCUT2D eigenvalue weighted by atomic mass is 9.59. The highest BCUT2D eigenvalue weighted by atomic mass is 16.6. The Balaban J connectivity index is 2.76. The van der Waals surface area contributed by atoms with Crippen LogP contribution in [0.15, 0.2) is 0 Å². The van der Waals surface area contributed by atoms with Crippen molar-refractivity contribution in [2.45, 2.75) is 98.0 Å². The number of ketones is 2. The maximum Gasteiger partial charge on any atom is 0.410 e. The Labute approximate surface area is 215 Å². The predicted octanol–water partition coefficient (Wildman–Crippen LogP) is 4.04. The Bertz CT molecular complexity index is 941. The van der Waals surface area contributed by atoms with Crippen molar-refractivity contribution in [2.24, 2.45) is 29.1 Å². The number of ether oxygens (including phenoxy) is 3. The fraction of sp³-hybridized carbons (Fsp3) is 0.786. The summed E-state index contributed by atoms with van der Waals surface area (Å²) in [5, 5.41) is 0. The van der Waals surface area contributed by atoms with Crippen LogP contribution in [0.2, 0.25) is 0 Å². The maximum atomic E-state index is 13.8. The van der Waals surface area contributed by atoms with E-state index in [0.717, 1.165) is 0 Å². The van der Waals surface area contributed by atoms with E-state index in [0.29, 0.717) is 12.8 Å². The highest BCUT2D eigenvalue weighted by Gasteiger charge is 2.60. The fourth-order valence-corrected chi connectivity index (χ4v) is 6.47. The second-order valence-electron chi connectivity index (χ2n) is 11.0. The van der Waals surface area contributed by atoms with Crippen molar-refractivity contribution in [3.63, 3.8) is 0 Å². The average Bonchev–Trinajstić information content (AvgIpc) is 3.10. The number of carbonyl (C=O) groups excluding carboxylic acids is 4. The van der Waals surface area contributed by atoms with Crippen LogP contribution in [-0.2, 0) is 28.6 Å². The quantitative estimate of drug-likeness (QED) is 0.324. The van der Waals surface area contributed by atoms with E-state index in [2.05, 4.69) is 5.92 Å². The number of hydrogen-bond acceptors (Lipinski definition) is 7. The Kier molecular flexibility index (Phi) is 8.72. The normalized spacial score (nSPS) is 42.8. The lowest BCUT2D eigenvalue weighted by Gasteiger charge is -2.49. The van der Waals surface area contributed by atoms with Crippen LogP contribution >= 0.6 is 0 Å². The van der Waals surface area contributed by atoms with E-state index in [1.165, 1.54) is 18.9 Å². The molecular formula is C28H43NO7. The number of terminal acetylenes is 1. The summed E-state index contributed by atoms with van der Waals surface area (Å²) < 4.78 is 17.6.